The van der Waals surface area contributed by atoms with Gasteiger partial charge in [-0.05, 0) is 35.8 Å². The van der Waals surface area contributed by atoms with E-state index in [0.717, 1.165) is 6.42 Å². The minimum atomic E-state index is 0.170. The molecule has 0 spiro atoms. The van der Waals surface area contributed by atoms with E-state index in [1.54, 1.807) is 0 Å². The molecule has 0 saturated carbocycles. The minimum Gasteiger partial charge on any atom is -0.299 e. The number of carbonyl (C=O) groups excluding carboxylic acids is 1. The Morgan fingerprint density at radius 1 is 1.04 bits per heavy atom. The Bertz CT molecular complexity index is 527. The SMILES string of the molecule is CC.CC(C)(C)C1=CCCC=C1.CC(C)C(=O)CCc1ccccc1. The number of benzene rings is 1. The summed E-state index contributed by atoms with van der Waals surface area (Å²) in [6.45, 7) is 14.7. The Labute approximate surface area is 156 Å². The number of hydrogen-bond acceptors (Lipinski definition) is 1. The smallest absolute Gasteiger partial charge is 0.135 e. The molecule has 1 aliphatic rings. The molecule has 0 amide bonds. The van der Waals surface area contributed by atoms with Crippen LogP contribution >= 0.6 is 0 Å². The maximum atomic E-state index is 11.3. The third-order valence-electron chi connectivity index (χ3n) is 4.01. The Morgan fingerprint density at radius 2 is 1.64 bits per heavy atom. The average Bonchev–Trinajstić information content (AvgIpc) is 2.63. The number of ketones is 1. The van der Waals surface area contributed by atoms with Crippen molar-refractivity contribution < 1.29 is 4.79 Å². The van der Waals surface area contributed by atoms with Crippen molar-refractivity contribution in [2.24, 2.45) is 11.3 Å². The first-order valence-corrected chi connectivity index (χ1v) is 9.74. The minimum absolute atomic E-state index is 0.170. The lowest BCUT2D eigenvalue weighted by atomic mass is 9.84. The fourth-order valence-corrected chi connectivity index (χ4v) is 2.37. The Kier molecular flexibility index (Phi) is 11.9. The lowest BCUT2D eigenvalue weighted by Crippen LogP contribution is -2.08. The summed E-state index contributed by atoms with van der Waals surface area (Å²) in [6, 6.07) is 10.1. The van der Waals surface area contributed by atoms with Crippen molar-refractivity contribution in [3.05, 3.63) is 59.7 Å². The van der Waals surface area contributed by atoms with Crippen LogP contribution in [0.4, 0.5) is 0 Å². The summed E-state index contributed by atoms with van der Waals surface area (Å²) in [5.74, 6) is 0.521. The summed E-state index contributed by atoms with van der Waals surface area (Å²) in [7, 11) is 0. The third-order valence-corrected chi connectivity index (χ3v) is 4.01. The number of hydrogen-bond donors (Lipinski definition) is 0. The van der Waals surface area contributed by atoms with E-state index in [9.17, 15) is 4.79 Å². The van der Waals surface area contributed by atoms with Crippen LogP contribution in [0.3, 0.4) is 0 Å². The van der Waals surface area contributed by atoms with Gasteiger partial charge in [0, 0.05) is 12.3 Å². The monoisotopic (exact) mass is 342 g/mol. The van der Waals surface area contributed by atoms with Crippen LogP contribution in [0.15, 0.2) is 54.1 Å². The molecule has 2 rings (SSSR count). The van der Waals surface area contributed by atoms with Crippen LogP contribution < -0.4 is 0 Å². The second kappa shape index (κ2) is 12.7. The first-order chi connectivity index (χ1) is 11.8. The van der Waals surface area contributed by atoms with E-state index < -0.39 is 0 Å². The number of Topliss-reactive ketones (excluding diaryl/α,β-unsaturated/α-hetero) is 1. The van der Waals surface area contributed by atoms with Crippen LogP contribution in [-0.4, -0.2) is 5.78 Å². The Balaban J connectivity index is 0.000000430. The molecule has 1 aromatic carbocycles. The molecule has 0 aromatic heterocycles. The van der Waals surface area contributed by atoms with Crippen LogP contribution in [-0.2, 0) is 11.2 Å². The topological polar surface area (TPSA) is 17.1 Å². The van der Waals surface area contributed by atoms with Gasteiger partial charge in [0.05, 0.1) is 0 Å². The van der Waals surface area contributed by atoms with E-state index in [1.165, 1.54) is 24.0 Å². The predicted octanol–water partition coefficient (Wildman–Crippen LogP) is 7.18. The molecule has 1 aliphatic carbocycles. The van der Waals surface area contributed by atoms with Crippen LogP contribution in [0.1, 0.15) is 73.3 Å². The zero-order valence-corrected chi connectivity index (χ0v) is 17.4. The first-order valence-electron chi connectivity index (χ1n) is 9.74. The number of aryl methyl sites for hydroxylation is 1. The first kappa shape index (κ1) is 23.4. The zero-order valence-electron chi connectivity index (χ0n) is 17.4. The summed E-state index contributed by atoms with van der Waals surface area (Å²) in [5, 5.41) is 0. The predicted molar refractivity (Wildman–Crippen MR) is 112 cm³/mol. The van der Waals surface area contributed by atoms with E-state index >= 15 is 0 Å². The van der Waals surface area contributed by atoms with Crippen molar-refractivity contribution >= 4 is 5.78 Å². The van der Waals surface area contributed by atoms with Crippen molar-refractivity contribution in [3.63, 3.8) is 0 Å². The summed E-state index contributed by atoms with van der Waals surface area (Å²) in [6.07, 6.45) is 10.9. The van der Waals surface area contributed by atoms with Gasteiger partial charge in [-0.3, -0.25) is 4.79 Å². The Morgan fingerprint density at radius 3 is 2.04 bits per heavy atom. The van der Waals surface area contributed by atoms with E-state index in [0.29, 0.717) is 17.6 Å². The van der Waals surface area contributed by atoms with E-state index in [1.807, 2.05) is 45.9 Å². The molecule has 140 valence electrons. The van der Waals surface area contributed by atoms with Gasteiger partial charge in [-0.2, -0.15) is 0 Å². The van der Waals surface area contributed by atoms with Crippen LogP contribution in [0.5, 0.6) is 0 Å². The maximum absolute atomic E-state index is 11.3. The van der Waals surface area contributed by atoms with Gasteiger partial charge in [0.1, 0.15) is 5.78 Å². The molecule has 1 aromatic rings. The quantitative estimate of drug-likeness (QED) is 0.566. The average molecular weight is 343 g/mol. The molecule has 0 aliphatic heterocycles. The highest BCUT2D eigenvalue weighted by Crippen LogP contribution is 2.28. The van der Waals surface area contributed by atoms with E-state index in [4.69, 9.17) is 0 Å². The van der Waals surface area contributed by atoms with Gasteiger partial charge in [-0.1, -0.05) is 97.0 Å². The number of allylic oxidation sites excluding steroid dienone is 4. The molecular weight excluding hydrogens is 304 g/mol. The van der Waals surface area contributed by atoms with Crippen LogP contribution in [0.25, 0.3) is 0 Å². The lowest BCUT2D eigenvalue weighted by Gasteiger charge is -2.22. The molecular formula is C24H38O. The Hall–Kier alpha value is -1.63. The second-order valence-electron chi connectivity index (χ2n) is 7.50. The zero-order chi connectivity index (χ0) is 19.3. The standard InChI is InChI=1S/C12H16O.C10H16.C2H6/c1-10(2)12(13)9-8-11-6-4-3-5-7-11;1-10(2,3)9-7-5-4-6-8-9;1-2/h3-7,10H,8-9H2,1-2H3;5,7-8H,4,6H2,1-3H3;1-2H3. The molecule has 1 nitrogen and oxygen atoms in total. The van der Waals surface area contributed by atoms with Gasteiger partial charge in [-0.25, -0.2) is 0 Å². The fraction of sp³-hybridized carbons (Fsp3) is 0.542. The molecule has 0 bridgehead atoms. The van der Waals surface area contributed by atoms with Crippen molar-refractivity contribution in [3.8, 4) is 0 Å². The van der Waals surface area contributed by atoms with Crippen molar-refractivity contribution in [1.29, 1.82) is 0 Å². The van der Waals surface area contributed by atoms with Crippen molar-refractivity contribution in [2.45, 2.75) is 74.1 Å². The molecule has 0 N–H and O–H groups in total. The van der Waals surface area contributed by atoms with Crippen molar-refractivity contribution in [2.75, 3.05) is 0 Å². The van der Waals surface area contributed by atoms with Gasteiger partial charge in [0.25, 0.3) is 0 Å². The largest absolute Gasteiger partial charge is 0.299 e. The van der Waals surface area contributed by atoms with Gasteiger partial charge < -0.3 is 0 Å². The summed E-state index contributed by atoms with van der Waals surface area (Å²) >= 11 is 0. The van der Waals surface area contributed by atoms with Gasteiger partial charge in [-0.15, -0.1) is 0 Å². The van der Waals surface area contributed by atoms with Crippen LogP contribution in [0, 0.1) is 11.3 Å². The highest BCUT2D eigenvalue weighted by Gasteiger charge is 2.14. The highest BCUT2D eigenvalue weighted by molar-refractivity contribution is 5.80. The summed E-state index contributed by atoms with van der Waals surface area (Å²) < 4.78 is 0. The molecule has 0 fully saturated rings. The highest BCUT2D eigenvalue weighted by atomic mass is 16.1. The summed E-state index contributed by atoms with van der Waals surface area (Å²) in [5.41, 5.74) is 3.08. The van der Waals surface area contributed by atoms with Crippen molar-refractivity contribution in [1.82, 2.24) is 0 Å². The third kappa shape index (κ3) is 10.8. The fourth-order valence-electron chi connectivity index (χ4n) is 2.37. The van der Waals surface area contributed by atoms with E-state index in [-0.39, 0.29) is 5.92 Å². The van der Waals surface area contributed by atoms with Crippen LogP contribution in [0.2, 0.25) is 0 Å². The maximum Gasteiger partial charge on any atom is 0.135 e. The van der Waals surface area contributed by atoms with E-state index in [2.05, 4.69) is 51.1 Å². The normalized spacial score (nSPS) is 13.2. The molecule has 1 heteroatoms. The number of carbonyl (C=O) groups is 1. The molecule has 0 unspecified atom stereocenters. The molecule has 0 radical (unpaired) electrons. The van der Waals surface area contributed by atoms with Gasteiger partial charge >= 0.3 is 0 Å². The molecule has 0 heterocycles. The van der Waals surface area contributed by atoms with Gasteiger partial charge in [0.2, 0.25) is 0 Å². The number of rotatable bonds is 4. The molecule has 25 heavy (non-hydrogen) atoms. The lowest BCUT2D eigenvalue weighted by molar-refractivity contribution is -0.121. The summed E-state index contributed by atoms with van der Waals surface area (Å²) in [4.78, 5) is 11.3. The molecule has 0 atom stereocenters. The second-order valence-corrected chi connectivity index (χ2v) is 7.50. The molecule has 0 saturated heterocycles. The van der Waals surface area contributed by atoms with Gasteiger partial charge in [0.15, 0.2) is 0 Å².